The first-order chi connectivity index (χ1) is 15.4. The Morgan fingerprint density at radius 3 is 2.84 bits per heavy atom. The molecule has 2 aromatic heterocycles. The van der Waals surface area contributed by atoms with Gasteiger partial charge in [0.1, 0.15) is 11.3 Å². The van der Waals surface area contributed by atoms with Gasteiger partial charge < -0.3 is 24.8 Å². The summed E-state index contributed by atoms with van der Waals surface area (Å²) in [6, 6.07) is 0.0485. The molecule has 1 aliphatic carbocycles. The van der Waals surface area contributed by atoms with E-state index in [1.807, 2.05) is 18.7 Å². The molecule has 0 aromatic carbocycles. The second-order valence-electron chi connectivity index (χ2n) is 9.67. The normalized spacial score (nSPS) is 25.2. The Hall–Kier alpha value is -2.94. The Labute approximate surface area is 187 Å². The number of nitrogens with one attached hydrogen (secondary N) is 2. The van der Waals surface area contributed by atoms with Gasteiger partial charge in [0, 0.05) is 31.7 Å². The molecule has 2 atom stereocenters. The average Bonchev–Trinajstić information content (AvgIpc) is 3.36. The van der Waals surface area contributed by atoms with Crippen LogP contribution in [-0.2, 0) is 9.53 Å². The summed E-state index contributed by atoms with van der Waals surface area (Å²) in [5.74, 6) is 1.56. The molecule has 3 fully saturated rings. The van der Waals surface area contributed by atoms with Crippen LogP contribution in [0, 0.1) is 11.8 Å². The second-order valence-corrected chi connectivity index (χ2v) is 9.67. The van der Waals surface area contributed by atoms with Crippen molar-refractivity contribution in [1.29, 1.82) is 0 Å². The molecule has 2 amide bonds. The van der Waals surface area contributed by atoms with E-state index in [1.165, 1.54) is 18.9 Å². The first-order valence-electron chi connectivity index (χ1n) is 11.3. The number of rotatable bonds is 5. The van der Waals surface area contributed by atoms with E-state index in [9.17, 15) is 9.59 Å². The van der Waals surface area contributed by atoms with Gasteiger partial charge in [0.15, 0.2) is 5.65 Å². The number of anilines is 1. The summed E-state index contributed by atoms with van der Waals surface area (Å²) in [7, 11) is 0. The zero-order valence-corrected chi connectivity index (χ0v) is 18.6. The zero-order chi connectivity index (χ0) is 22.5. The fourth-order valence-electron chi connectivity index (χ4n) is 5.03. The maximum atomic E-state index is 13.1. The molecule has 0 bridgehead atoms. The first-order valence-corrected chi connectivity index (χ1v) is 11.3. The van der Waals surface area contributed by atoms with Gasteiger partial charge in [-0.05, 0) is 38.7 Å². The van der Waals surface area contributed by atoms with Gasteiger partial charge in [0.2, 0.25) is 5.91 Å². The first kappa shape index (κ1) is 20.9. The minimum absolute atomic E-state index is 0.0485. The largest absolute Gasteiger partial charge is 0.379 e. The van der Waals surface area contributed by atoms with E-state index < -0.39 is 0 Å². The van der Waals surface area contributed by atoms with Gasteiger partial charge in [-0.3, -0.25) is 9.59 Å². The highest BCUT2D eigenvalue weighted by atomic mass is 16.5. The van der Waals surface area contributed by atoms with Crippen molar-refractivity contribution in [1.82, 2.24) is 25.2 Å². The van der Waals surface area contributed by atoms with Crippen LogP contribution in [0.2, 0.25) is 0 Å². The summed E-state index contributed by atoms with van der Waals surface area (Å²) >= 11 is 0. The molecular weight excluding hydrogens is 408 g/mol. The Kier molecular flexibility index (Phi) is 5.16. The summed E-state index contributed by atoms with van der Waals surface area (Å²) in [6.07, 6.45) is 7.21. The molecule has 2 aliphatic heterocycles. The predicted octanol–water partition coefficient (Wildman–Crippen LogP) is 1.73. The van der Waals surface area contributed by atoms with Crippen LogP contribution >= 0.6 is 0 Å². The van der Waals surface area contributed by atoms with E-state index in [-0.39, 0.29) is 23.4 Å². The fraction of sp³-hybridized carbons (Fsp3) is 0.565. The zero-order valence-electron chi connectivity index (χ0n) is 18.6. The van der Waals surface area contributed by atoms with Crippen LogP contribution in [0.4, 0.5) is 5.82 Å². The number of H-pyrrole nitrogens is 1. The number of fused-ring (bicyclic) bond motifs is 1. The summed E-state index contributed by atoms with van der Waals surface area (Å²) in [5.41, 5.74) is 1.26. The smallest absolute Gasteiger partial charge is 0.255 e. The SMILES string of the molecule is C=CC(=O)N1CCN(c2cnc3[nH]cc(C(=O)N[C@@H]4COCC4C4CC4)c3n2)CC1(C)C. The molecular formula is C23H30N6O3. The van der Waals surface area contributed by atoms with E-state index in [0.29, 0.717) is 60.6 Å². The molecule has 5 rings (SSSR count). The third kappa shape index (κ3) is 3.74. The number of nitrogens with zero attached hydrogens (tertiary/aromatic N) is 4. The van der Waals surface area contributed by atoms with Crippen molar-refractivity contribution < 1.29 is 14.3 Å². The topological polar surface area (TPSA) is 103 Å². The van der Waals surface area contributed by atoms with Crippen LogP contribution in [0.1, 0.15) is 37.0 Å². The van der Waals surface area contributed by atoms with Gasteiger partial charge in [0.05, 0.1) is 36.6 Å². The summed E-state index contributed by atoms with van der Waals surface area (Å²) in [6.45, 7) is 10.8. The molecule has 0 spiro atoms. The lowest BCUT2D eigenvalue weighted by Crippen LogP contribution is -2.61. The molecule has 4 heterocycles. The Bertz CT molecular complexity index is 1060. The molecule has 32 heavy (non-hydrogen) atoms. The number of amides is 2. The van der Waals surface area contributed by atoms with Crippen LogP contribution in [0.25, 0.3) is 11.2 Å². The highest BCUT2D eigenvalue weighted by molar-refractivity contribution is 6.04. The summed E-state index contributed by atoms with van der Waals surface area (Å²) in [5, 5.41) is 3.16. The van der Waals surface area contributed by atoms with E-state index in [0.717, 1.165) is 6.61 Å². The van der Waals surface area contributed by atoms with Crippen LogP contribution < -0.4 is 10.2 Å². The van der Waals surface area contributed by atoms with Gasteiger partial charge >= 0.3 is 0 Å². The van der Waals surface area contributed by atoms with Crippen molar-refractivity contribution >= 4 is 28.8 Å². The molecule has 1 saturated carbocycles. The van der Waals surface area contributed by atoms with Gasteiger partial charge in [0.25, 0.3) is 5.91 Å². The number of carbonyl (C=O) groups excluding carboxylic acids is 2. The highest BCUT2D eigenvalue weighted by Gasteiger charge is 2.41. The molecule has 9 heteroatoms. The van der Waals surface area contributed by atoms with E-state index in [2.05, 4.69) is 26.8 Å². The standard InChI is InChI=1S/C23H30N6O3/c1-4-19(30)29-8-7-28(13-23(29,2)3)18-10-25-21-20(27-18)15(9-24-21)22(31)26-17-12-32-11-16(17)14-5-6-14/h4,9-10,14,16-17H,1,5-8,11-13H2,2-3H3,(H,24,25)(H,26,31)/t16?,17-/m1/s1. The molecule has 170 valence electrons. The number of aromatic amines is 1. The van der Waals surface area contributed by atoms with Gasteiger partial charge in [-0.15, -0.1) is 0 Å². The number of hydrogen-bond acceptors (Lipinski definition) is 6. The minimum atomic E-state index is -0.376. The quantitative estimate of drug-likeness (QED) is 0.689. The maximum Gasteiger partial charge on any atom is 0.255 e. The number of ether oxygens (including phenoxy) is 1. The highest BCUT2D eigenvalue weighted by Crippen LogP contribution is 2.40. The predicted molar refractivity (Wildman–Crippen MR) is 120 cm³/mol. The third-order valence-corrected chi connectivity index (χ3v) is 6.95. The third-order valence-electron chi connectivity index (χ3n) is 6.95. The fourth-order valence-corrected chi connectivity index (χ4v) is 5.03. The minimum Gasteiger partial charge on any atom is -0.379 e. The van der Waals surface area contributed by atoms with Crippen molar-refractivity contribution in [2.45, 2.75) is 38.3 Å². The van der Waals surface area contributed by atoms with Crippen molar-refractivity contribution in [3.05, 3.63) is 30.6 Å². The number of hydrogen-bond donors (Lipinski definition) is 2. The molecule has 0 radical (unpaired) electrons. The molecule has 2 saturated heterocycles. The lowest BCUT2D eigenvalue weighted by molar-refractivity contribution is -0.131. The number of aromatic nitrogens is 3. The Morgan fingerprint density at radius 2 is 2.12 bits per heavy atom. The summed E-state index contributed by atoms with van der Waals surface area (Å²) in [4.78, 5) is 41.6. The van der Waals surface area contributed by atoms with Crippen molar-refractivity contribution in [2.75, 3.05) is 37.7 Å². The van der Waals surface area contributed by atoms with Crippen molar-refractivity contribution in [2.24, 2.45) is 11.8 Å². The van der Waals surface area contributed by atoms with Crippen LogP contribution in [0.5, 0.6) is 0 Å². The molecule has 2 aromatic rings. The molecule has 9 nitrogen and oxygen atoms in total. The van der Waals surface area contributed by atoms with Crippen molar-refractivity contribution in [3.8, 4) is 0 Å². The number of carbonyl (C=O) groups is 2. The van der Waals surface area contributed by atoms with Crippen LogP contribution in [-0.4, -0.2) is 76.1 Å². The Balaban J connectivity index is 1.35. The van der Waals surface area contributed by atoms with E-state index in [4.69, 9.17) is 9.72 Å². The monoisotopic (exact) mass is 438 g/mol. The van der Waals surface area contributed by atoms with Gasteiger partial charge in [-0.25, -0.2) is 9.97 Å². The second kappa shape index (κ2) is 7.88. The molecule has 1 unspecified atom stereocenters. The average molecular weight is 439 g/mol. The van der Waals surface area contributed by atoms with Crippen LogP contribution in [0.3, 0.4) is 0 Å². The van der Waals surface area contributed by atoms with Gasteiger partial charge in [-0.2, -0.15) is 0 Å². The van der Waals surface area contributed by atoms with Crippen molar-refractivity contribution in [3.63, 3.8) is 0 Å². The van der Waals surface area contributed by atoms with E-state index >= 15 is 0 Å². The molecule has 3 aliphatic rings. The maximum absolute atomic E-state index is 13.1. The Morgan fingerprint density at radius 1 is 1.31 bits per heavy atom. The van der Waals surface area contributed by atoms with Gasteiger partial charge in [-0.1, -0.05) is 6.58 Å². The molecule has 2 N–H and O–H groups in total. The summed E-state index contributed by atoms with van der Waals surface area (Å²) < 4.78 is 5.64. The lowest BCUT2D eigenvalue weighted by atomic mass is 9.98. The number of piperazine rings is 1. The van der Waals surface area contributed by atoms with Crippen LogP contribution in [0.15, 0.2) is 25.0 Å². The lowest BCUT2D eigenvalue weighted by Gasteiger charge is -2.47. The van der Waals surface area contributed by atoms with E-state index in [1.54, 1.807) is 12.4 Å².